The maximum Gasteiger partial charge on any atom is 0.315 e. The number of nitro groups is 1. The molecular weight excluding hydrogens is 370 g/mol. The third kappa shape index (κ3) is 5.54. The Balaban J connectivity index is 3.28. The summed E-state index contributed by atoms with van der Waals surface area (Å²) >= 11 is 0. The van der Waals surface area contributed by atoms with Crippen molar-refractivity contribution in [3.63, 3.8) is 0 Å². The van der Waals surface area contributed by atoms with Gasteiger partial charge in [0.25, 0.3) is 0 Å². The number of hydrogen-bond donors (Lipinski definition) is 2. The first-order valence-electron chi connectivity index (χ1n) is 9.00. The van der Waals surface area contributed by atoms with Gasteiger partial charge in [-0.2, -0.15) is 0 Å². The second-order valence-electron chi connectivity index (χ2n) is 6.82. The van der Waals surface area contributed by atoms with Gasteiger partial charge in [-0.25, -0.2) is 0 Å². The quantitative estimate of drug-likeness (QED) is 0.404. The Labute approximate surface area is 165 Å². The number of aliphatic hydroxyl groups is 2. The molecule has 0 fully saturated rings. The van der Waals surface area contributed by atoms with Gasteiger partial charge in [0.15, 0.2) is 0 Å². The zero-order valence-electron chi connectivity index (χ0n) is 17.2. The van der Waals surface area contributed by atoms with Crippen LogP contribution < -0.4 is 9.47 Å². The Bertz CT molecular complexity index is 639. The molecule has 0 saturated heterocycles. The van der Waals surface area contributed by atoms with Gasteiger partial charge in [0, 0.05) is 32.3 Å². The van der Waals surface area contributed by atoms with Crippen LogP contribution in [-0.2, 0) is 9.47 Å². The van der Waals surface area contributed by atoms with Gasteiger partial charge in [-0.3, -0.25) is 10.1 Å². The fraction of sp³-hybridized carbons (Fsp3) is 0.684. The number of methoxy groups -OCH3 is 4. The molecule has 2 N–H and O–H groups in total. The van der Waals surface area contributed by atoms with Crippen LogP contribution in [-0.4, -0.2) is 62.4 Å². The first-order chi connectivity index (χ1) is 13.2. The fourth-order valence-electron chi connectivity index (χ4n) is 3.30. The molecule has 9 nitrogen and oxygen atoms in total. The molecule has 0 amide bonds. The molecule has 0 spiro atoms. The van der Waals surface area contributed by atoms with Crippen LogP contribution in [0, 0.1) is 22.0 Å². The van der Waals surface area contributed by atoms with E-state index >= 15 is 0 Å². The smallest absolute Gasteiger partial charge is 0.315 e. The number of nitrogens with zero attached hydrogens (tertiary/aromatic N) is 1. The van der Waals surface area contributed by atoms with Crippen molar-refractivity contribution in [2.75, 3.05) is 35.0 Å². The van der Waals surface area contributed by atoms with Gasteiger partial charge in [-0.05, 0) is 18.4 Å². The van der Waals surface area contributed by atoms with E-state index < -0.39 is 23.2 Å². The van der Waals surface area contributed by atoms with Gasteiger partial charge in [-0.1, -0.05) is 13.8 Å². The van der Waals surface area contributed by atoms with E-state index in [9.17, 15) is 20.3 Å². The van der Waals surface area contributed by atoms with Crippen LogP contribution in [0.15, 0.2) is 12.1 Å². The SMILES string of the molecule is COc1cc([C@H](OC)[C@@H](C)C[C@H](OC)[C@H](O)[C@@H](C)CO)c(OC)c([N+](=O)[O-])c1. The maximum atomic E-state index is 11.5. The van der Waals surface area contributed by atoms with Crippen molar-refractivity contribution >= 4 is 5.69 Å². The van der Waals surface area contributed by atoms with Crippen molar-refractivity contribution in [2.45, 2.75) is 38.6 Å². The molecule has 0 heterocycles. The fourth-order valence-corrected chi connectivity index (χ4v) is 3.30. The molecule has 0 unspecified atom stereocenters. The second-order valence-corrected chi connectivity index (χ2v) is 6.82. The molecule has 0 aromatic heterocycles. The van der Waals surface area contributed by atoms with Crippen molar-refractivity contribution in [1.29, 1.82) is 0 Å². The average Bonchev–Trinajstić information content (AvgIpc) is 2.70. The highest BCUT2D eigenvalue weighted by Gasteiger charge is 2.33. The summed E-state index contributed by atoms with van der Waals surface area (Å²) in [7, 11) is 5.78. The van der Waals surface area contributed by atoms with Crippen LogP contribution in [0.2, 0.25) is 0 Å². The van der Waals surface area contributed by atoms with Crippen molar-refractivity contribution in [1.82, 2.24) is 0 Å². The summed E-state index contributed by atoms with van der Waals surface area (Å²) in [6, 6.07) is 2.94. The predicted octanol–water partition coefficient (Wildman–Crippen LogP) is 2.33. The minimum atomic E-state index is -0.864. The third-order valence-corrected chi connectivity index (χ3v) is 4.94. The van der Waals surface area contributed by atoms with E-state index in [0.29, 0.717) is 17.7 Å². The van der Waals surface area contributed by atoms with Crippen LogP contribution in [0.25, 0.3) is 0 Å². The van der Waals surface area contributed by atoms with Crippen LogP contribution in [0.5, 0.6) is 11.5 Å². The van der Waals surface area contributed by atoms with Crippen molar-refractivity contribution in [2.24, 2.45) is 11.8 Å². The first kappa shape index (κ1) is 24.1. The molecule has 28 heavy (non-hydrogen) atoms. The lowest BCUT2D eigenvalue weighted by molar-refractivity contribution is -0.385. The van der Waals surface area contributed by atoms with Crippen LogP contribution in [0.4, 0.5) is 5.69 Å². The number of rotatable bonds is 12. The van der Waals surface area contributed by atoms with Crippen LogP contribution in [0.3, 0.4) is 0 Å². The zero-order valence-corrected chi connectivity index (χ0v) is 17.2. The number of aliphatic hydroxyl groups excluding tert-OH is 2. The summed E-state index contributed by atoms with van der Waals surface area (Å²) in [5.74, 6) is -0.140. The maximum absolute atomic E-state index is 11.5. The van der Waals surface area contributed by atoms with E-state index in [1.165, 1.54) is 34.5 Å². The summed E-state index contributed by atoms with van der Waals surface area (Å²) in [5, 5.41) is 31.1. The van der Waals surface area contributed by atoms with Gasteiger partial charge in [0.1, 0.15) is 5.75 Å². The van der Waals surface area contributed by atoms with Gasteiger partial charge in [-0.15, -0.1) is 0 Å². The van der Waals surface area contributed by atoms with E-state index in [1.54, 1.807) is 13.0 Å². The van der Waals surface area contributed by atoms with E-state index in [-0.39, 0.29) is 29.9 Å². The lowest BCUT2D eigenvalue weighted by Gasteiger charge is -2.31. The Hall–Kier alpha value is -1.94. The molecule has 0 radical (unpaired) electrons. The van der Waals surface area contributed by atoms with E-state index in [4.69, 9.17) is 18.9 Å². The van der Waals surface area contributed by atoms with E-state index in [0.717, 1.165) is 0 Å². The zero-order chi connectivity index (χ0) is 21.4. The minimum Gasteiger partial charge on any atom is -0.496 e. The molecule has 160 valence electrons. The molecule has 0 aliphatic carbocycles. The van der Waals surface area contributed by atoms with Gasteiger partial charge in [0.2, 0.25) is 5.75 Å². The molecule has 5 atom stereocenters. The highest BCUT2D eigenvalue weighted by molar-refractivity contribution is 5.57. The molecular formula is C19H31NO8. The molecule has 0 bridgehead atoms. The van der Waals surface area contributed by atoms with Gasteiger partial charge >= 0.3 is 5.69 Å². The largest absolute Gasteiger partial charge is 0.496 e. The predicted molar refractivity (Wildman–Crippen MR) is 103 cm³/mol. The highest BCUT2D eigenvalue weighted by atomic mass is 16.6. The standard InChI is InChI=1S/C19H31NO8/c1-11(7-16(26-4)17(22)12(2)10-21)18(27-5)14-8-13(25-3)9-15(20(23)24)19(14)28-6/h8-9,11-12,16-18,21-22H,7,10H2,1-6H3/t11-,12-,16-,17+,18+/m0/s1. The second kappa shape index (κ2) is 11.2. The van der Waals surface area contributed by atoms with Crippen LogP contribution in [0.1, 0.15) is 31.9 Å². The average molecular weight is 401 g/mol. The summed E-state index contributed by atoms with van der Waals surface area (Å²) < 4.78 is 21.6. The van der Waals surface area contributed by atoms with Gasteiger partial charge < -0.3 is 29.2 Å². The Morgan fingerprint density at radius 3 is 2.14 bits per heavy atom. The number of ether oxygens (including phenoxy) is 4. The van der Waals surface area contributed by atoms with E-state index in [2.05, 4.69) is 0 Å². The normalized spacial score (nSPS) is 16.7. The lowest BCUT2D eigenvalue weighted by atomic mass is 9.87. The number of benzene rings is 1. The van der Waals surface area contributed by atoms with Crippen molar-refractivity contribution in [3.05, 3.63) is 27.8 Å². The Morgan fingerprint density at radius 2 is 1.71 bits per heavy atom. The van der Waals surface area contributed by atoms with Gasteiger partial charge in [0.05, 0.1) is 43.5 Å². The van der Waals surface area contributed by atoms with E-state index in [1.807, 2.05) is 6.92 Å². The molecule has 0 saturated carbocycles. The molecule has 1 rings (SSSR count). The molecule has 9 heteroatoms. The Kier molecular flexibility index (Phi) is 9.60. The minimum absolute atomic E-state index is 0.0998. The number of hydrogen-bond acceptors (Lipinski definition) is 8. The summed E-state index contributed by atoms with van der Waals surface area (Å²) in [6.07, 6.45) is -1.58. The molecule has 0 aliphatic heterocycles. The first-order valence-corrected chi connectivity index (χ1v) is 9.00. The Morgan fingerprint density at radius 1 is 1.07 bits per heavy atom. The van der Waals surface area contributed by atoms with Crippen molar-refractivity contribution in [3.8, 4) is 11.5 Å². The molecule has 1 aromatic rings. The topological polar surface area (TPSA) is 121 Å². The summed E-state index contributed by atoms with van der Waals surface area (Å²) in [6.45, 7) is 3.45. The third-order valence-electron chi connectivity index (χ3n) is 4.94. The summed E-state index contributed by atoms with van der Waals surface area (Å²) in [4.78, 5) is 10.9. The molecule has 0 aliphatic rings. The van der Waals surface area contributed by atoms with Crippen LogP contribution >= 0.6 is 0 Å². The monoisotopic (exact) mass is 401 g/mol. The highest BCUT2D eigenvalue weighted by Crippen LogP contribution is 2.43. The van der Waals surface area contributed by atoms with Crippen molar-refractivity contribution < 1.29 is 34.1 Å². The molecule has 1 aromatic carbocycles. The number of nitro benzene ring substituents is 1. The summed E-state index contributed by atoms with van der Waals surface area (Å²) in [5.41, 5.74) is 0.256. The lowest BCUT2D eigenvalue weighted by Crippen LogP contribution is -2.37.